The summed E-state index contributed by atoms with van der Waals surface area (Å²) in [6, 6.07) is 3.62. The lowest BCUT2D eigenvalue weighted by Gasteiger charge is -2.28. The van der Waals surface area contributed by atoms with E-state index in [1.54, 1.807) is 7.11 Å². The number of hydrogen-bond acceptors (Lipinski definition) is 4. The van der Waals surface area contributed by atoms with Crippen molar-refractivity contribution >= 4 is 38.4 Å². The van der Waals surface area contributed by atoms with Crippen LogP contribution >= 0.6 is 28.3 Å². The number of methoxy groups -OCH3 is 1. The van der Waals surface area contributed by atoms with E-state index in [-0.39, 0.29) is 33.9 Å². The van der Waals surface area contributed by atoms with E-state index in [4.69, 9.17) is 4.74 Å². The summed E-state index contributed by atoms with van der Waals surface area (Å²) in [6.45, 7) is 1.51. The molecule has 22 heavy (non-hydrogen) atoms. The van der Waals surface area contributed by atoms with Crippen molar-refractivity contribution in [3.8, 4) is 0 Å². The highest BCUT2D eigenvalue weighted by Crippen LogP contribution is 2.22. The van der Waals surface area contributed by atoms with Crippen molar-refractivity contribution in [3.63, 3.8) is 0 Å². The predicted molar refractivity (Wildman–Crippen MR) is 88.4 cm³/mol. The molecule has 1 fully saturated rings. The largest absolute Gasteiger partial charge is 0.383 e. The molecule has 0 aromatic heterocycles. The van der Waals surface area contributed by atoms with Crippen molar-refractivity contribution in [1.29, 1.82) is 0 Å². The van der Waals surface area contributed by atoms with E-state index in [9.17, 15) is 12.8 Å². The first-order valence-electron chi connectivity index (χ1n) is 6.57. The van der Waals surface area contributed by atoms with Gasteiger partial charge in [-0.05, 0) is 53.5 Å². The Bertz CT molecular complexity index is 609. The maximum atomic E-state index is 13.2. The molecule has 0 radical (unpaired) electrons. The fraction of sp³-hybridized carbons (Fsp3) is 0.538. The lowest BCUT2D eigenvalue weighted by Crippen LogP contribution is -2.52. The lowest BCUT2D eigenvalue weighted by atomic mass is 9.99. The molecule has 1 aliphatic rings. The summed E-state index contributed by atoms with van der Waals surface area (Å²) in [6.07, 6.45) is 1.82. The Morgan fingerprint density at radius 3 is 2.77 bits per heavy atom. The van der Waals surface area contributed by atoms with Gasteiger partial charge in [-0.25, -0.2) is 17.5 Å². The van der Waals surface area contributed by atoms with Crippen LogP contribution in [0.25, 0.3) is 0 Å². The van der Waals surface area contributed by atoms with Gasteiger partial charge >= 0.3 is 0 Å². The average molecular weight is 418 g/mol. The minimum Gasteiger partial charge on any atom is -0.383 e. The summed E-state index contributed by atoms with van der Waals surface area (Å²) in [5, 5.41) is 3.29. The van der Waals surface area contributed by atoms with Crippen LogP contribution in [0.4, 0.5) is 4.39 Å². The van der Waals surface area contributed by atoms with Gasteiger partial charge in [0.1, 0.15) is 5.82 Å². The number of ether oxygens (including phenoxy) is 1. The Hall–Kier alpha value is -0.250. The second-order valence-electron chi connectivity index (χ2n) is 5.14. The van der Waals surface area contributed by atoms with Gasteiger partial charge in [-0.1, -0.05) is 0 Å². The molecule has 0 spiro atoms. The number of sulfonamides is 1. The zero-order valence-corrected chi connectivity index (χ0v) is 15.3. The molecule has 1 aromatic rings. The number of benzene rings is 1. The van der Waals surface area contributed by atoms with Crippen LogP contribution in [0, 0.1) is 5.82 Å². The lowest BCUT2D eigenvalue weighted by molar-refractivity contribution is 0.122. The Morgan fingerprint density at radius 1 is 1.50 bits per heavy atom. The molecule has 1 atom stereocenters. The second kappa shape index (κ2) is 8.03. The molecular formula is C13H19BrClFN2O3S. The fourth-order valence-electron chi connectivity index (χ4n) is 2.43. The summed E-state index contributed by atoms with van der Waals surface area (Å²) >= 11 is 2.99. The van der Waals surface area contributed by atoms with Crippen molar-refractivity contribution in [2.75, 3.05) is 26.8 Å². The molecule has 1 unspecified atom stereocenters. The van der Waals surface area contributed by atoms with Gasteiger partial charge in [-0.15, -0.1) is 12.4 Å². The van der Waals surface area contributed by atoms with Crippen molar-refractivity contribution in [2.45, 2.75) is 23.3 Å². The zero-order chi connectivity index (χ0) is 15.5. The van der Waals surface area contributed by atoms with E-state index >= 15 is 0 Å². The molecule has 2 N–H and O–H groups in total. The molecule has 126 valence electrons. The maximum Gasteiger partial charge on any atom is 0.240 e. The molecule has 2 rings (SSSR count). The minimum atomic E-state index is -3.69. The molecule has 0 amide bonds. The molecule has 1 aliphatic heterocycles. The van der Waals surface area contributed by atoms with Crippen LogP contribution in [0.1, 0.15) is 12.8 Å². The minimum absolute atomic E-state index is 0. The monoisotopic (exact) mass is 416 g/mol. The summed E-state index contributed by atoms with van der Waals surface area (Å²) in [5.41, 5.74) is -0.376. The molecule has 1 heterocycles. The molecule has 0 saturated carbocycles. The van der Waals surface area contributed by atoms with Gasteiger partial charge in [-0.2, -0.15) is 0 Å². The molecule has 0 aliphatic carbocycles. The Kier molecular flexibility index (Phi) is 7.22. The quantitative estimate of drug-likeness (QED) is 0.743. The predicted octanol–water partition coefficient (Wildman–Crippen LogP) is 2.06. The normalized spacial score (nSPS) is 21.6. The summed E-state index contributed by atoms with van der Waals surface area (Å²) < 4.78 is 45.6. The molecule has 0 bridgehead atoms. The molecular weight excluding hydrogens is 399 g/mol. The third-order valence-corrected chi connectivity index (χ3v) is 5.56. The third-order valence-electron chi connectivity index (χ3n) is 3.55. The molecule has 1 aromatic carbocycles. The Morgan fingerprint density at radius 2 is 2.23 bits per heavy atom. The van der Waals surface area contributed by atoms with E-state index in [1.165, 1.54) is 12.1 Å². The van der Waals surface area contributed by atoms with E-state index in [1.807, 2.05) is 0 Å². The van der Waals surface area contributed by atoms with Crippen LogP contribution in [0.5, 0.6) is 0 Å². The fourth-order valence-corrected chi connectivity index (χ4v) is 4.11. The standard InChI is InChI=1S/C13H18BrFN2O3S.ClH/c1-20-9-13(5-2-6-16-13)8-17-21(18,19)10-3-4-12(15)11(14)7-10;/h3-4,7,16-17H,2,5-6,8-9H2,1H3;1H. The number of halogens is 3. The molecule has 9 heteroatoms. The van der Waals surface area contributed by atoms with E-state index in [0.29, 0.717) is 6.61 Å². The molecule has 1 saturated heterocycles. The smallest absolute Gasteiger partial charge is 0.240 e. The van der Waals surface area contributed by atoms with Crippen LogP contribution in [-0.4, -0.2) is 40.8 Å². The Labute approximate surface area is 144 Å². The van der Waals surface area contributed by atoms with Crippen LogP contribution in [0.2, 0.25) is 0 Å². The van der Waals surface area contributed by atoms with Gasteiger partial charge in [0.15, 0.2) is 0 Å². The highest BCUT2D eigenvalue weighted by molar-refractivity contribution is 9.10. The summed E-state index contributed by atoms with van der Waals surface area (Å²) in [4.78, 5) is 0.0290. The average Bonchev–Trinajstić information content (AvgIpc) is 2.89. The van der Waals surface area contributed by atoms with Crippen LogP contribution in [0.3, 0.4) is 0 Å². The number of nitrogens with one attached hydrogen (secondary N) is 2. The highest BCUT2D eigenvalue weighted by Gasteiger charge is 2.34. The van der Waals surface area contributed by atoms with Gasteiger partial charge < -0.3 is 10.1 Å². The van der Waals surface area contributed by atoms with Crippen LogP contribution < -0.4 is 10.0 Å². The van der Waals surface area contributed by atoms with Crippen LogP contribution in [0.15, 0.2) is 27.6 Å². The van der Waals surface area contributed by atoms with Gasteiger partial charge in [0.2, 0.25) is 10.0 Å². The highest BCUT2D eigenvalue weighted by atomic mass is 79.9. The second-order valence-corrected chi connectivity index (χ2v) is 7.77. The number of hydrogen-bond donors (Lipinski definition) is 2. The first kappa shape index (κ1) is 19.8. The van der Waals surface area contributed by atoms with Gasteiger partial charge in [0.25, 0.3) is 0 Å². The van der Waals surface area contributed by atoms with Gasteiger partial charge in [0, 0.05) is 13.7 Å². The van der Waals surface area contributed by atoms with E-state index < -0.39 is 15.8 Å². The van der Waals surface area contributed by atoms with Crippen molar-refractivity contribution in [2.24, 2.45) is 0 Å². The Balaban J connectivity index is 0.00000242. The van der Waals surface area contributed by atoms with E-state index in [2.05, 4.69) is 26.0 Å². The summed E-state index contributed by atoms with van der Waals surface area (Å²) in [5.74, 6) is -0.498. The van der Waals surface area contributed by atoms with Crippen LogP contribution in [-0.2, 0) is 14.8 Å². The van der Waals surface area contributed by atoms with Crippen molar-refractivity contribution < 1.29 is 17.5 Å². The maximum absolute atomic E-state index is 13.2. The van der Waals surface area contributed by atoms with Crippen molar-refractivity contribution in [3.05, 3.63) is 28.5 Å². The first-order valence-corrected chi connectivity index (χ1v) is 8.85. The molecule has 5 nitrogen and oxygen atoms in total. The third kappa shape index (κ3) is 4.62. The number of rotatable bonds is 6. The van der Waals surface area contributed by atoms with E-state index in [0.717, 1.165) is 25.5 Å². The first-order chi connectivity index (χ1) is 9.88. The summed E-state index contributed by atoms with van der Waals surface area (Å²) in [7, 11) is -2.10. The SMILES string of the molecule is COCC1(CNS(=O)(=O)c2ccc(F)c(Br)c2)CCCN1.Cl. The van der Waals surface area contributed by atoms with Gasteiger partial charge in [0.05, 0.1) is 21.5 Å². The van der Waals surface area contributed by atoms with Gasteiger partial charge in [-0.3, -0.25) is 0 Å². The van der Waals surface area contributed by atoms with Crippen molar-refractivity contribution in [1.82, 2.24) is 10.0 Å². The topological polar surface area (TPSA) is 67.4 Å². The zero-order valence-electron chi connectivity index (χ0n) is 12.1.